The van der Waals surface area contributed by atoms with Crippen LogP contribution < -0.4 is 10.1 Å². The molecule has 1 N–H and O–H groups in total. The van der Waals surface area contributed by atoms with Gasteiger partial charge < -0.3 is 9.64 Å². The predicted octanol–water partition coefficient (Wildman–Crippen LogP) is 3.73. The number of alkyl halides is 1. The molecular weight excluding hydrogens is 397 g/mol. The van der Waals surface area contributed by atoms with Gasteiger partial charge in [0.15, 0.2) is 6.17 Å². The van der Waals surface area contributed by atoms with Gasteiger partial charge in [0.05, 0.1) is 30.1 Å². The first-order valence-electron chi connectivity index (χ1n) is 9.76. The van der Waals surface area contributed by atoms with E-state index in [1.807, 2.05) is 6.92 Å². The smallest absolute Gasteiger partial charge is 0.263 e. The molecule has 2 fully saturated rings. The number of nitrogens with one attached hydrogen (secondary N) is 1. The highest BCUT2D eigenvalue weighted by atomic mass is 19.1. The maximum atomic E-state index is 14.6. The Morgan fingerprint density at radius 3 is 2.77 bits per heavy atom. The van der Waals surface area contributed by atoms with E-state index in [1.54, 1.807) is 24.0 Å². The number of ether oxygens (including phenoxy) is 1. The number of benzene rings is 1. The van der Waals surface area contributed by atoms with Crippen LogP contribution in [0.1, 0.15) is 37.1 Å². The van der Waals surface area contributed by atoms with Gasteiger partial charge in [0.1, 0.15) is 11.6 Å². The molecule has 0 aliphatic carbocycles. The molecule has 2 aromatic rings. The molecule has 3 unspecified atom stereocenters. The van der Waals surface area contributed by atoms with E-state index in [9.17, 15) is 18.0 Å². The SMILES string of the molecule is CCOc1ccc(N=C2NC(=O)C(F)C3CCC(c4ccc(F)cc4F)N23)c(C)n1. The van der Waals surface area contributed by atoms with E-state index < -0.39 is 35.8 Å². The molecule has 2 aliphatic heterocycles. The van der Waals surface area contributed by atoms with Gasteiger partial charge in [0, 0.05) is 17.7 Å². The second-order valence-electron chi connectivity index (χ2n) is 7.25. The van der Waals surface area contributed by atoms with E-state index in [1.165, 1.54) is 12.1 Å². The molecule has 1 amide bonds. The first-order chi connectivity index (χ1) is 14.4. The molecule has 158 valence electrons. The Morgan fingerprint density at radius 1 is 1.27 bits per heavy atom. The fourth-order valence-electron chi connectivity index (χ4n) is 4.00. The Bertz CT molecular complexity index is 1010. The van der Waals surface area contributed by atoms with Crippen molar-refractivity contribution in [3.63, 3.8) is 0 Å². The van der Waals surface area contributed by atoms with Gasteiger partial charge in [0.2, 0.25) is 11.8 Å². The minimum Gasteiger partial charge on any atom is -0.478 e. The molecule has 4 rings (SSSR count). The molecule has 0 saturated carbocycles. The van der Waals surface area contributed by atoms with Crippen LogP contribution in [0.3, 0.4) is 0 Å². The Labute approximate surface area is 171 Å². The average molecular weight is 418 g/mol. The van der Waals surface area contributed by atoms with Crippen molar-refractivity contribution in [2.24, 2.45) is 4.99 Å². The van der Waals surface area contributed by atoms with Gasteiger partial charge in [0.25, 0.3) is 5.91 Å². The number of pyridine rings is 1. The molecule has 9 heteroatoms. The van der Waals surface area contributed by atoms with Crippen molar-refractivity contribution in [2.75, 3.05) is 6.61 Å². The lowest BCUT2D eigenvalue weighted by atomic mass is 10.0. The van der Waals surface area contributed by atoms with Crippen LogP contribution in [0.4, 0.5) is 18.9 Å². The summed E-state index contributed by atoms with van der Waals surface area (Å²) in [5, 5.41) is 2.49. The fraction of sp³-hybridized carbons (Fsp3) is 0.381. The van der Waals surface area contributed by atoms with E-state index in [2.05, 4.69) is 15.3 Å². The molecule has 30 heavy (non-hydrogen) atoms. The van der Waals surface area contributed by atoms with Crippen molar-refractivity contribution in [3.8, 4) is 5.88 Å². The number of carbonyl (C=O) groups is 1. The number of aliphatic imine (C=N–C) groups is 1. The number of nitrogens with zero attached hydrogens (tertiary/aromatic N) is 3. The summed E-state index contributed by atoms with van der Waals surface area (Å²) in [5.41, 5.74) is 1.26. The van der Waals surface area contributed by atoms with Gasteiger partial charge in [-0.05, 0) is 38.8 Å². The van der Waals surface area contributed by atoms with Crippen molar-refractivity contribution in [3.05, 3.63) is 53.2 Å². The summed E-state index contributed by atoms with van der Waals surface area (Å²) in [6.45, 7) is 4.05. The topological polar surface area (TPSA) is 66.8 Å². The summed E-state index contributed by atoms with van der Waals surface area (Å²) in [4.78, 5) is 22.6. The normalized spacial score (nSPS) is 24.7. The van der Waals surface area contributed by atoms with Crippen LogP contribution in [0, 0.1) is 18.6 Å². The largest absolute Gasteiger partial charge is 0.478 e. The van der Waals surface area contributed by atoms with Gasteiger partial charge in [-0.25, -0.2) is 23.1 Å². The number of fused-ring (bicyclic) bond motifs is 1. The number of aromatic nitrogens is 1. The third-order valence-electron chi connectivity index (χ3n) is 5.37. The van der Waals surface area contributed by atoms with E-state index in [-0.39, 0.29) is 11.5 Å². The number of hydrogen-bond donors (Lipinski definition) is 1. The number of amides is 1. The summed E-state index contributed by atoms with van der Waals surface area (Å²) >= 11 is 0. The molecule has 0 radical (unpaired) electrons. The van der Waals surface area contributed by atoms with Crippen LogP contribution in [0.25, 0.3) is 0 Å². The summed E-state index contributed by atoms with van der Waals surface area (Å²) < 4.78 is 47.8. The summed E-state index contributed by atoms with van der Waals surface area (Å²) in [5.74, 6) is -1.62. The van der Waals surface area contributed by atoms with Gasteiger partial charge in [-0.3, -0.25) is 10.1 Å². The highest BCUT2D eigenvalue weighted by molar-refractivity contribution is 6.03. The number of carbonyl (C=O) groups excluding carboxylic acids is 1. The molecule has 3 heterocycles. The minimum absolute atomic E-state index is 0.124. The molecular formula is C21H21F3N4O2. The molecule has 1 aromatic heterocycles. The third-order valence-corrected chi connectivity index (χ3v) is 5.37. The fourth-order valence-corrected chi connectivity index (χ4v) is 4.00. The maximum Gasteiger partial charge on any atom is 0.263 e. The van der Waals surface area contributed by atoms with Crippen LogP contribution in [0.15, 0.2) is 35.3 Å². The van der Waals surface area contributed by atoms with Gasteiger partial charge in [-0.2, -0.15) is 0 Å². The zero-order chi connectivity index (χ0) is 21.4. The lowest BCUT2D eigenvalue weighted by molar-refractivity contribution is -0.128. The molecule has 3 atom stereocenters. The number of aryl methyl sites for hydroxylation is 1. The standard InChI is InChI=1S/C21H21F3N4O2/c1-3-30-18-9-6-15(11(2)25-18)26-21-27-20(29)19(24)17-8-7-16(28(17)21)13-5-4-12(22)10-14(13)23/h4-6,9-10,16-17,19H,3,7-8H2,1-2H3,(H,26,27,29). The molecule has 2 saturated heterocycles. The summed E-state index contributed by atoms with van der Waals surface area (Å²) in [6.07, 6.45) is -1.02. The summed E-state index contributed by atoms with van der Waals surface area (Å²) in [6, 6.07) is 5.30. The van der Waals surface area contributed by atoms with Crippen molar-refractivity contribution in [2.45, 2.75) is 44.9 Å². The highest BCUT2D eigenvalue weighted by Crippen LogP contribution is 2.41. The van der Waals surface area contributed by atoms with Crippen LogP contribution in [-0.2, 0) is 4.79 Å². The zero-order valence-corrected chi connectivity index (χ0v) is 16.5. The number of hydrogen-bond acceptors (Lipinski definition) is 4. The lowest BCUT2D eigenvalue weighted by Gasteiger charge is -2.38. The predicted molar refractivity (Wildman–Crippen MR) is 104 cm³/mol. The van der Waals surface area contributed by atoms with Crippen LogP contribution in [-0.4, -0.2) is 40.6 Å². The molecule has 1 aromatic carbocycles. The van der Waals surface area contributed by atoms with E-state index in [0.717, 1.165) is 6.07 Å². The number of halogens is 3. The molecule has 6 nitrogen and oxygen atoms in total. The quantitative estimate of drug-likeness (QED) is 0.822. The monoisotopic (exact) mass is 418 g/mol. The van der Waals surface area contributed by atoms with Crippen molar-refractivity contribution < 1.29 is 22.7 Å². The average Bonchev–Trinajstić information content (AvgIpc) is 3.13. The Hall–Kier alpha value is -3.10. The Balaban J connectivity index is 1.74. The highest BCUT2D eigenvalue weighted by Gasteiger charge is 2.48. The summed E-state index contributed by atoms with van der Waals surface area (Å²) in [7, 11) is 0. The Kier molecular flexibility index (Phi) is 5.36. The number of guanidine groups is 1. The van der Waals surface area contributed by atoms with E-state index >= 15 is 0 Å². The van der Waals surface area contributed by atoms with Crippen LogP contribution in [0.5, 0.6) is 5.88 Å². The van der Waals surface area contributed by atoms with Crippen LogP contribution in [0.2, 0.25) is 0 Å². The van der Waals surface area contributed by atoms with Crippen LogP contribution >= 0.6 is 0 Å². The first-order valence-corrected chi connectivity index (χ1v) is 9.76. The lowest BCUT2D eigenvalue weighted by Crippen LogP contribution is -2.60. The maximum absolute atomic E-state index is 14.6. The number of rotatable bonds is 4. The van der Waals surface area contributed by atoms with Crippen molar-refractivity contribution >= 4 is 17.6 Å². The minimum atomic E-state index is -1.77. The first kappa shape index (κ1) is 20.2. The second-order valence-corrected chi connectivity index (χ2v) is 7.25. The van der Waals surface area contributed by atoms with Crippen molar-refractivity contribution in [1.82, 2.24) is 15.2 Å². The van der Waals surface area contributed by atoms with Crippen molar-refractivity contribution in [1.29, 1.82) is 0 Å². The second kappa shape index (κ2) is 7.97. The molecule has 0 spiro atoms. The Morgan fingerprint density at radius 2 is 2.07 bits per heavy atom. The van der Waals surface area contributed by atoms with Gasteiger partial charge in [-0.15, -0.1) is 0 Å². The molecule has 2 aliphatic rings. The van der Waals surface area contributed by atoms with Gasteiger partial charge in [-0.1, -0.05) is 6.07 Å². The molecule has 0 bridgehead atoms. The van der Waals surface area contributed by atoms with E-state index in [4.69, 9.17) is 4.74 Å². The zero-order valence-electron chi connectivity index (χ0n) is 16.5. The third kappa shape index (κ3) is 3.59. The van der Waals surface area contributed by atoms with E-state index in [0.29, 0.717) is 36.7 Å². The van der Waals surface area contributed by atoms with Gasteiger partial charge >= 0.3 is 0 Å².